The Bertz CT molecular complexity index is 532. The number of nitrogens with one attached hydrogen (secondary N) is 1. The molecule has 20 heavy (non-hydrogen) atoms. The topological polar surface area (TPSA) is 66.7 Å². The zero-order chi connectivity index (χ0) is 13.8. The molecule has 0 radical (unpaired) electrons. The Labute approximate surface area is 118 Å². The highest BCUT2D eigenvalue weighted by molar-refractivity contribution is 6.61. The number of carbonyl (C=O) groups is 1. The van der Waals surface area contributed by atoms with E-state index >= 15 is 0 Å². The molecule has 5 heteroatoms. The van der Waals surface area contributed by atoms with Gasteiger partial charge in [-0.1, -0.05) is 25.3 Å². The van der Waals surface area contributed by atoms with E-state index in [0.29, 0.717) is 11.8 Å². The van der Waals surface area contributed by atoms with Crippen LogP contribution in [0, 0.1) is 0 Å². The maximum atomic E-state index is 12.1. The van der Waals surface area contributed by atoms with Gasteiger partial charge in [0, 0.05) is 24.0 Å². The third kappa shape index (κ3) is 2.92. The van der Waals surface area contributed by atoms with Crippen molar-refractivity contribution in [1.29, 1.82) is 0 Å². The molecule has 2 heterocycles. The van der Waals surface area contributed by atoms with Gasteiger partial charge in [-0.3, -0.25) is 14.8 Å². The van der Waals surface area contributed by atoms with Crippen molar-refractivity contribution in [2.75, 3.05) is 0 Å². The smallest absolute Gasteiger partial charge is 0.271 e. The molecule has 104 valence electrons. The Morgan fingerprint density at radius 2 is 2.10 bits per heavy atom. The summed E-state index contributed by atoms with van der Waals surface area (Å²) >= 11 is 0. The van der Waals surface area contributed by atoms with Crippen molar-refractivity contribution in [3.63, 3.8) is 0 Å². The molecule has 0 saturated heterocycles. The van der Waals surface area contributed by atoms with E-state index in [1.54, 1.807) is 18.6 Å². The average molecular weight is 270 g/mol. The lowest BCUT2D eigenvalue weighted by Crippen LogP contribution is -2.40. The molecule has 3 rings (SSSR count). The molecule has 1 amide bonds. The van der Waals surface area contributed by atoms with Gasteiger partial charge in [-0.25, -0.2) is 4.99 Å². The Morgan fingerprint density at radius 1 is 1.25 bits per heavy atom. The summed E-state index contributed by atoms with van der Waals surface area (Å²) in [4.78, 5) is 24.8. The summed E-state index contributed by atoms with van der Waals surface area (Å²) in [6.07, 6.45) is 10.5. The van der Waals surface area contributed by atoms with Gasteiger partial charge in [0.2, 0.25) is 0 Å². The number of amides is 1. The van der Waals surface area contributed by atoms with Gasteiger partial charge in [-0.15, -0.1) is 0 Å². The van der Waals surface area contributed by atoms with Gasteiger partial charge in [0.15, 0.2) is 6.17 Å². The van der Waals surface area contributed by atoms with Crippen molar-refractivity contribution in [1.82, 2.24) is 10.3 Å². The summed E-state index contributed by atoms with van der Waals surface area (Å²) in [6.45, 7) is 0. The fraction of sp³-hybridized carbons (Fsp3) is 0.467. The first-order valence-electron chi connectivity index (χ1n) is 7.15. The van der Waals surface area contributed by atoms with Gasteiger partial charge >= 0.3 is 0 Å². The molecule has 0 spiro atoms. The van der Waals surface area contributed by atoms with Crippen molar-refractivity contribution < 1.29 is 4.79 Å². The second kappa shape index (κ2) is 5.94. The number of pyridine rings is 1. The highest BCUT2D eigenvalue weighted by atomic mass is 16.2. The first-order chi connectivity index (χ1) is 9.83. The maximum absolute atomic E-state index is 12.1. The van der Waals surface area contributed by atoms with Gasteiger partial charge in [0.1, 0.15) is 5.71 Å². The van der Waals surface area contributed by atoms with Crippen LogP contribution in [0.25, 0.3) is 0 Å². The van der Waals surface area contributed by atoms with E-state index in [4.69, 9.17) is 0 Å². The molecule has 1 fully saturated rings. The largest absolute Gasteiger partial charge is 0.348 e. The fourth-order valence-electron chi connectivity index (χ4n) is 2.65. The molecule has 1 aliphatic heterocycles. The third-order valence-electron chi connectivity index (χ3n) is 3.75. The second-order valence-corrected chi connectivity index (χ2v) is 5.26. The van der Waals surface area contributed by atoms with Crippen LogP contribution in [-0.2, 0) is 4.79 Å². The Hall–Kier alpha value is -2.04. The third-order valence-corrected chi connectivity index (χ3v) is 3.75. The van der Waals surface area contributed by atoms with Crippen molar-refractivity contribution in [2.24, 2.45) is 9.98 Å². The van der Waals surface area contributed by atoms with Crippen LogP contribution < -0.4 is 5.32 Å². The summed E-state index contributed by atoms with van der Waals surface area (Å²) in [5.41, 5.74) is 1.33. The van der Waals surface area contributed by atoms with Gasteiger partial charge in [-0.05, 0) is 18.9 Å². The highest BCUT2D eigenvalue weighted by Gasteiger charge is 2.22. The molecule has 1 N–H and O–H groups in total. The Kier molecular flexibility index (Phi) is 3.85. The maximum Gasteiger partial charge on any atom is 0.271 e. The van der Waals surface area contributed by atoms with Gasteiger partial charge in [0.05, 0.1) is 6.21 Å². The SMILES string of the molecule is O=C(NC1CCCCC1)C1=NC(c2cccnc2)N=C1. The number of carbonyl (C=O) groups excluding carboxylic acids is 1. The predicted octanol–water partition coefficient (Wildman–Crippen LogP) is 2.05. The number of rotatable bonds is 3. The molecule has 1 unspecified atom stereocenters. The first-order valence-corrected chi connectivity index (χ1v) is 7.15. The minimum absolute atomic E-state index is 0.105. The van der Waals surface area contributed by atoms with Crippen molar-refractivity contribution in [3.05, 3.63) is 30.1 Å². The Morgan fingerprint density at radius 3 is 2.85 bits per heavy atom. The normalized spacial score (nSPS) is 22.6. The molecular weight excluding hydrogens is 252 g/mol. The van der Waals surface area contributed by atoms with Crippen LogP contribution in [0.5, 0.6) is 0 Å². The second-order valence-electron chi connectivity index (χ2n) is 5.26. The van der Waals surface area contributed by atoms with E-state index in [9.17, 15) is 4.79 Å². The van der Waals surface area contributed by atoms with E-state index < -0.39 is 0 Å². The van der Waals surface area contributed by atoms with Gasteiger partial charge in [-0.2, -0.15) is 0 Å². The minimum Gasteiger partial charge on any atom is -0.348 e. The van der Waals surface area contributed by atoms with Crippen LogP contribution in [0.15, 0.2) is 34.5 Å². The molecular formula is C15H18N4O. The minimum atomic E-state index is -0.323. The monoisotopic (exact) mass is 270 g/mol. The molecule has 5 nitrogen and oxygen atoms in total. The number of aliphatic imine (C=N–C) groups is 2. The van der Waals surface area contributed by atoms with Crippen LogP contribution in [0.2, 0.25) is 0 Å². The summed E-state index contributed by atoms with van der Waals surface area (Å²) in [6, 6.07) is 4.06. The number of aromatic nitrogens is 1. The van der Waals surface area contributed by atoms with Crippen molar-refractivity contribution in [2.45, 2.75) is 44.3 Å². The van der Waals surface area contributed by atoms with Gasteiger partial charge in [0.25, 0.3) is 5.91 Å². The Balaban J connectivity index is 1.63. The lowest BCUT2D eigenvalue weighted by Gasteiger charge is -2.22. The summed E-state index contributed by atoms with van der Waals surface area (Å²) in [7, 11) is 0. The van der Waals surface area contributed by atoms with Crippen molar-refractivity contribution >= 4 is 17.8 Å². The molecule has 1 saturated carbocycles. The van der Waals surface area contributed by atoms with Crippen LogP contribution in [-0.4, -0.2) is 28.9 Å². The molecule has 0 bridgehead atoms. The lowest BCUT2D eigenvalue weighted by molar-refractivity contribution is -0.115. The highest BCUT2D eigenvalue weighted by Crippen LogP contribution is 2.21. The predicted molar refractivity (Wildman–Crippen MR) is 77.9 cm³/mol. The molecule has 1 aromatic heterocycles. The van der Waals surface area contributed by atoms with Crippen LogP contribution >= 0.6 is 0 Å². The zero-order valence-corrected chi connectivity index (χ0v) is 11.3. The van der Waals surface area contributed by atoms with Crippen molar-refractivity contribution in [3.8, 4) is 0 Å². The standard InChI is InChI=1S/C15H18N4O/c20-15(18-12-6-2-1-3-7-12)13-10-17-14(19-13)11-5-4-8-16-9-11/h4-5,8-10,12,14H,1-3,6-7H2,(H,18,20). The van der Waals surface area contributed by atoms with E-state index in [0.717, 1.165) is 18.4 Å². The molecule has 1 atom stereocenters. The molecule has 1 aromatic rings. The average Bonchev–Trinajstić information content (AvgIpc) is 2.99. The summed E-state index contributed by atoms with van der Waals surface area (Å²) in [5, 5.41) is 3.06. The van der Waals surface area contributed by atoms with E-state index in [1.165, 1.54) is 19.3 Å². The molecule has 1 aliphatic carbocycles. The first kappa shape index (κ1) is 13.0. The van der Waals surface area contributed by atoms with E-state index in [-0.39, 0.29) is 12.1 Å². The quantitative estimate of drug-likeness (QED) is 0.913. The van der Waals surface area contributed by atoms with E-state index in [1.807, 2.05) is 12.1 Å². The van der Waals surface area contributed by atoms with Crippen LogP contribution in [0.4, 0.5) is 0 Å². The fourth-order valence-corrected chi connectivity index (χ4v) is 2.65. The lowest BCUT2D eigenvalue weighted by atomic mass is 9.95. The molecule has 2 aliphatic rings. The summed E-state index contributed by atoms with van der Waals surface area (Å²) < 4.78 is 0. The summed E-state index contributed by atoms with van der Waals surface area (Å²) in [5.74, 6) is -0.105. The molecule has 0 aromatic carbocycles. The van der Waals surface area contributed by atoms with Gasteiger partial charge < -0.3 is 5.32 Å². The van der Waals surface area contributed by atoms with E-state index in [2.05, 4.69) is 20.3 Å². The number of nitrogens with zero attached hydrogens (tertiary/aromatic N) is 3. The number of hydrogen-bond acceptors (Lipinski definition) is 4. The van der Waals surface area contributed by atoms with Crippen LogP contribution in [0.1, 0.15) is 43.8 Å². The van der Waals surface area contributed by atoms with Crippen LogP contribution in [0.3, 0.4) is 0 Å². The number of hydrogen-bond donors (Lipinski definition) is 1. The zero-order valence-electron chi connectivity index (χ0n) is 11.3.